The van der Waals surface area contributed by atoms with Gasteiger partial charge in [-0.1, -0.05) is 17.7 Å². The standard InChI is InChI=1S/C20H20FN3O6S/c1-11-6-14-4-5-16(18(21)15(14)7-11)29-20-19-13(3)17(8-24(19)23-10-22-20)28-9-12(2)30-31(25,26)27/h4-5,7-8,10,12H,6,9H2,1-3H3,(H,25,26,27)/t12-/m1/s1. The Kier molecular flexibility index (Phi) is 5.42. The molecule has 1 N–H and O–H groups in total. The van der Waals surface area contributed by atoms with Gasteiger partial charge >= 0.3 is 10.4 Å². The third kappa shape index (κ3) is 4.38. The molecule has 0 unspecified atom stereocenters. The van der Waals surface area contributed by atoms with Gasteiger partial charge in [-0.2, -0.15) is 18.5 Å². The van der Waals surface area contributed by atoms with E-state index in [1.807, 2.05) is 13.0 Å². The minimum Gasteiger partial charge on any atom is -0.489 e. The summed E-state index contributed by atoms with van der Waals surface area (Å²) >= 11 is 0. The van der Waals surface area contributed by atoms with Crippen molar-refractivity contribution in [3.63, 3.8) is 0 Å². The molecule has 31 heavy (non-hydrogen) atoms. The Balaban J connectivity index is 1.61. The third-order valence-corrected chi connectivity index (χ3v) is 5.38. The average Bonchev–Trinajstić information content (AvgIpc) is 3.21. The molecule has 0 saturated heterocycles. The van der Waals surface area contributed by atoms with Crippen LogP contribution in [0.25, 0.3) is 11.6 Å². The predicted molar refractivity (Wildman–Crippen MR) is 109 cm³/mol. The largest absolute Gasteiger partial charge is 0.489 e. The molecule has 1 aliphatic rings. The average molecular weight is 449 g/mol. The number of hydrogen-bond acceptors (Lipinski definition) is 7. The minimum atomic E-state index is -4.58. The number of halogens is 1. The van der Waals surface area contributed by atoms with Gasteiger partial charge in [-0.25, -0.2) is 13.1 Å². The van der Waals surface area contributed by atoms with Crippen molar-refractivity contribution < 1.29 is 31.0 Å². The van der Waals surface area contributed by atoms with Crippen LogP contribution in [0.15, 0.2) is 30.2 Å². The van der Waals surface area contributed by atoms with E-state index in [1.54, 1.807) is 25.3 Å². The van der Waals surface area contributed by atoms with E-state index in [9.17, 15) is 12.8 Å². The van der Waals surface area contributed by atoms with Crippen molar-refractivity contribution in [2.24, 2.45) is 0 Å². The number of benzene rings is 1. The van der Waals surface area contributed by atoms with Gasteiger partial charge in [-0.15, -0.1) is 0 Å². The topological polar surface area (TPSA) is 112 Å². The maximum Gasteiger partial charge on any atom is 0.397 e. The van der Waals surface area contributed by atoms with Gasteiger partial charge in [0.25, 0.3) is 0 Å². The van der Waals surface area contributed by atoms with Gasteiger partial charge in [-0.05, 0) is 38.8 Å². The molecule has 164 valence electrons. The quantitative estimate of drug-likeness (QED) is 0.546. The summed E-state index contributed by atoms with van der Waals surface area (Å²) in [5, 5.41) is 4.12. The Morgan fingerprint density at radius 3 is 2.81 bits per heavy atom. The maximum atomic E-state index is 15.0. The molecule has 1 aliphatic carbocycles. The van der Waals surface area contributed by atoms with Gasteiger partial charge in [0.1, 0.15) is 30.3 Å². The Hall–Kier alpha value is -3.02. The lowest BCUT2D eigenvalue weighted by Gasteiger charge is -2.11. The first-order valence-corrected chi connectivity index (χ1v) is 10.8. The molecule has 9 nitrogen and oxygen atoms in total. The van der Waals surface area contributed by atoms with Crippen LogP contribution in [0.1, 0.15) is 30.5 Å². The first-order valence-electron chi connectivity index (χ1n) is 9.40. The zero-order valence-electron chi connectivity index (χ0n) is 17.0. The SMILES string of the molecule is CC1=Cc2c(ccc(Oc3ncnn4cc(OC[C@@H](C)OS(=O)(=O)O)c(C)c34)c2F)C1. The van der Waals surface area contributed by atoms with Gasteiger partial charge in [0.15, 0.2) is 11.6 Å². The van der Waals surface area contributed by atoms with Crippen LogP contribution < -0.4 is 9.47 Å². The molecular formula is C20H20FN3O6S. The zero-order valence-corrected chi connectivity index (χ0v) is 17.8. The number of aromatic nitrogens is 3. The molecule has 4 rings (SSSR count). The van der Waals surface area contributed by atoms with E-state index in [1.165, 1.54) is 17.8 Å². The van der Waals surface area contributed by atoms with Crippen molar-refractivity contribution in [1.29, 1.82) is 0 Å². The first-order chi connectivity index (χ1) is 14.6. The van der Waals surface area contributed by atoms with Crippen LogP contribution in [-0.2, 0) is 21.0 Å². The second-order valence-corrected chi connectivity index (χ2v) is 8.39. The van der Waals surface area contributed by atoms with Crippen molar-refractivity contribution in [2.75, 3.05) is 6.61 Å². The molecule has 0 saturated carbocycles. The Morgan fingerprint density at radius 2 is 2.06 bits per heavy atom. The molecule has 0 amide bonds. The Bertz CT molecular complexity index is 1300. The second kappa shape index (κ2) is 7.91. The molecule has 0 bridgehead atoms. The van der Waals surface area contributed by atoms with Gasteiger partial charge in [-0.3, -0.25) is 4.55 Å². The highest BCUT2D eigenvalue weighted by Gasteiger charge is 2.21. The van der Waals surface area contributed by atoms with Gasteiger partial charge in [0.05, 0.1) is 6.20 Å². The van der Waals surface area contributed by atoms with Crippen LogP contribution in [0.2, 0.25) is 0 Å². The predicted octanol–water partition coefficient (Wildman–Crippen LogP) is 3.52. The first kappa shape index (κ1) is 21.2. The molecule has 2 aromatic heterocycles. The van der Waals surface area contributed by atoms with Gasteiger partial charge in [0, 0.05) is 11.1 Å². The molecule has 0 spiro atoms. The summed E-state index contributed by atoms with van der Waals surface area (Å²) in [6, 6.07) is 3.40. The summed E-state index contributed by atoms with van der Waals surface area (Å²) in [6.45, 7) is 4.97. The van der Waals surface area contributed by atoms with E-state index in [0.717, 1.165) is 11.1 Å². The number of rotatable bonds is 7. The molecule has 1 aromatic carbocycles. The molecule has 0 fully saturated rings. The molecule has 0 aliphatic heterocycles. The van der Waals surface area contributed by atoms with Crippen molar-refractivity contribution in [2.45, 2.75) is 33.3 Å². The zero-order chi connectivity index (χ0) is 22.3. The summed E-state index contributed by atoms with van der Waals surface area (Å²) in [5.74, 6) is 0.109. The highest BCUT2D eigenvalue weighted by atomic mass is 32.3. The van der Waals surface area contributed by atoms with E-state index in [0.29, 0.717) is 28.8 Å². The van der Waals surface area contributed by atoms with Crippen LogP contribution in [0.4, 0.5) is 4.39 Å². The molecular weight excluding hydrogens is 429 g/mol. The Morgan fingerprint density at radius 1 is 1.29 bits per heavy atom. The number of nitrogens with zero attached hydrogens (tertiary/aromatic N) is 3. The van der Waals surface area contributed by atoms with Crippen LogP contribution in [0, 0.1) is 12.7 Å². The smallest absolute Gasteiger partial charge is 0.397 e. The Labute approximate surface area is 178 Å². The number of ether oxygens (including phenoxy) is 2. The lowest BCUT2D eigenvalue weighted by Crippen LogP contribution is -2.21. The number of fused-ring (bicyclic) bond motifs is 2. The number of hydrogen-bond donors (Lipinski definition) is 1. The lowest BCUT2D eigenvalue weighted by molar-refractivity contribution is 0.133. The lowest BCUT2D eigenvalue weighted by atomic mass is 10.1. The fraction of sp³-hybridized carbons (Fsp3) is 0.300. The van der Waals surface area contributed by atoms with E-state index in [2.05, 4.69) is 14.3 Å². The van der Waals surface area contributed by atoms with Crippen molar-refractivity contribution in [3.8, 4) is 17.4 Å². The number of allylic oxidation sites excluding steroid dienone is 1. The maximum absolute atomic E-state index is 15.0. The molecule has 0 radical (unpaired) electrons. The van der Waals surface area contributed by atoms with Crippen molar-refractivity contribution >= 4 is 22.0 Å². The fourth-order valence-corrected chi connectivity index (χ4v) is 3.94. The summed E-state index contributed by atoms with van der Waals surface area (Å²) < 4.78 is 62.6. The van der Waals surface area contributed by atoms with Crippen LogP contribution >= 0.6 is 0 Å². The summed E-state index contributed by atoms with van der Waals surface area (Å²) in [4.78, 5) is 4.14. The van der Waals surface area contributed by atoms with E-state index >= 15 is 0 Å². The van der Waals surface area contributed by atoms with E-state index in [-0.39, 0.29) is 18.2 Å². The van der Waals surface area contributed by atoms with Crippen LogP contribution in [0.3, 0.4) is 0 Å². The van der Waals surface area contributed by atoms with Crippen molar-refractivity contribution in [1.82, 2.24) is 14.6 Å². The summed E-state index contributed by atoms with van der Waals surface area (Å²) in [7, 11) is -4.58. The van der Waals surface area contributed by atoms with Crippen LogP contribution in [0.5, 0.6) is 17.4 Å². The minimum absolute atomic E-state index is 0.0449. The van der Waals surface area contributed by atoms with Gasteiger partial charge < -0.3 is 9.47 Å². The van der Waals surface area contributed by atoms with Crippen molar-refractivity contribution in [3.05, 3.63) is 52.7 Å². The monoisotopic (exact) mass is 449 g/mol. The summed E-state index contributed by atoms with van der Waals surface area (Å²) in [6.07, 6.45) is 4.42. The molecule has 1 atom stereocenters. The molecule has 11 heteroatoms. The molecule has 2 heterocycles. The second-order valence-electron chi connectivity index (χ2n) is 7.34. The number of aryl methyl sites for hydroxylation is 1. The third-order valence-electron chi connectivity index (χ3n) is 4.81. The van der Waals surface area contributed by atoms with E-state index < -0.39 is 22.3 Å². The summed E-state index contributed by atoms with van der Waals surface area (Å²) in [5.41, 5.74) is 3.57. The van der Waals surface area contributed by atoms with E-state index in [4.69, 9.17) is 14.0 Å². The van der Waals surface area contributed by atoms with Gasteiger partial charge in [0.2, 0.25) is 5.88 Å². The highest BCUT2D eigenvalue weighted by Crippen LogP contribution is 2.36. The highest BCUT2D eigenvalue weighted by molar-refractivity contribution is 7.80. The normalized spacial score (nSPS) is 14.4. The molecule has 3 aromatic rings. The fourth-order valence-electron chi connectivity index (χ4n) is 3.47. The van der Waals surface area contributed by atoms with Crippen LogP contribution in [-0.4, -0.2) is 40.3 Å².